The van der Waals surface area contributed by atoms with Crippen molar-refractivity contribution in [3.8, 4) is 0 Å². The average Bonchev–Trinajstić information content (AvgIpc) is 3.13. The highest BCUT2D eigenvalue weighted by Gasteiger charge is 2.51. The molecule has 1 saturated carbocycles. The van der Waals surface area contributed by atoms with Crippen LogP contribution in [0.1, 0.15) is 58.8 Å². The lowest BCUT2D eigenvalue weighted by molar-refractivity contribution is -0.131. The second kappa shape index (κ2) is 8.31. The molecule has 2 fully saturated rings. The fourth-order valence-corrected chi connectivity index (χ4v) is 3.37. The summed E-state index contributed by atoms with van der Waals surface area (Å²) in [6.45, 7) is 4.38. The number of carbonyl (C=O) groups is 4. The molecule has 5 amide bonds. The molecule has 1 aliphatic carbocycles. The van der Waals surface area contributed by atoms with Gasteiger partial charge in [-0.2, -0.15) is 0 Å². The van der Waals surface area contributed by atoms with Crippen LogP contribution < -0.4 is 16.0 Å². The van der Waals surface area contributed by atoms with E-state index in [9.17, 15) is 19.2 Å². The Balaban J connectivity index is 1.73. The Morgan fingerprint density at radius 3 is 2.60 bits per heavy atom. The SMILES string of the molecule is CCCNC(=O)[C@H](C)NC(=O)CCCN1C(=O)NC2(CCCC2)C1=O. The smallest absolute Gasteiger partial charge is 0.325 e. The van der Waals surface area contributed by atoms with Gasteiger partial charge >= 0.3 is 6.03 Å². The van der Waals surface area contributed by atoms with Gasteiger partial charge in [0.2, 0.25) is 11.8 Å². The molecule has 8 heteroatoms. The van der Waals surface area contributed by atoms with E-state index in [1.165, 1.54) is 4.90 Å². The third-order valence-corrected chi connectivity index (χ3v) is 4.81. The van der Waals surface area contributed by atoms with Crippen molar-refractivity contribution in [2.45, 2.75) is 70.4 Å². The van der Waals surface area contributed by atoms with E-state index >= 15 is 0 Å². The van der Waals surface area contributed by atoms with E-state index in [-0.39, 0.29) is 36.7 Å². The van der Waals surface area contributed by atoms with Crippen molar-refractivity contribution in [3.63, 3.8) is 0 Å². The van der Waals surface area contributed by atoms with Crippen molar-refractivity contribution in [2.24, 2.45) is 0 Å². The Hall–Kier alpha value is -2.12. The molecule has 3 N–H and O–H groups in total. The summed E-state index contributed by atoms with van der Waals surface area (Å²) in [4.78, 5) is 49.4. The second-order valence-electron chi connectivity index (χ2n) is 6.86. The highest BCUT2D eigenvalue weighted by atomic mass is 16.2. The summed E-state index contributed by atoms with van der Waals surface area (Å²) >= 11 is 0. The molecule has 0 unspecified atom stereocenters. The Labute approximate surface area is 148 Å². The Bertz CT molecular complexity index is 543. The molecule has 1 spiro atoms. The molecule has 0 bridgehead atoms. The fraction of sp³-hybridized carbons (Fsp3) is 0.765. The van der Waals surface area contributed by atoms with E-state index in [1.54, 1.807) is 6.92 Å². The van der Waals surface area contributed by atoms with E-state index in [4.69, 9.17) is 0 Å². The largest absolute Gasteiger partial charge is 0.354 e. The molecule has 1 aliphatic heterocycles. The molecule has 0 aromatic carbocycles. The van der Waals surface area contributed by atoms with Crippen LogP contribution in [0.25, 0.3) is 0 Å². The zero-order valence-electron chi connectivity index (χ0n) is 15.0. The minimum absolute atomic E-state index is 0.162. The van der Waals surface area contributed by atoms with Gasteiger partial charge in [0.05, 0.1) is 0 Å². The van der Waals surface area contributed by atoms with Crippen molar-refractivity contribution in [3.05, 3.63) is 0 Å². The molecule has 2 aliphatic rings. The van der Waals surface area contributed by atoms with Crippen LogP contribution >= 0.6 is 0 Å². The molecular weight excluding hydrogens is 324 g/mol. The highest BCUT2D eigenvalue weighted by molar-refractivity contribution is 6.07. The lowest BCUT2D eigenvalue weighted by Gasteiger charge is -2.20. The predicted octanol–water partition coefficient (Wildman–Crippen LogP) is 0.662. The van der Waals surface area contributed by atoms with Crippen LogP contribution in [0.2, 0.25) is 0 Å². The second-order valence-corrected chi connectivity index (χ2v) is 6.86. The maximum Gasteiger partial charge on any atom is 0.325 e. The summed E-state index contributed by atoms with van der Waals surface area (Å²) in [5.41, 5.74) is -0.703. The van der Waals surface area contributed by atoms with Gasteiger partial charge in [-0.05, 0) is 32.6 Å². The number of urea groups is 1. The standard InChI is InChI=1S/C17H28N4O4/c1-3-10-18-14(23)12(2)19-13(22)7-6-11-21-15(24)17(20-16(21)25)8-4-5-9-17/h12H,3-11H2,1-2H3,(H,18,23)(H,19,22)(H,20,25)/t12-/m0/s1. The molecule has 140 valence electrons. The summed E-state index contributed by atoms with van der Waals surface area (Å²) in [7, 11) is 0. The number of hydrogen-bond donors (Lipinski definition) is 3. The third kappa shape index (κ3) is 4.49. The summed E-state index contributed by atoms with van der Waals surface area (Å²) in [6, 6.07) is -0.961. The van der Waals surface area contributed by atoms with Crippen molar-refractivity contribution < 1.29 is 19.2 Å². The minimum Gasteiger partial charge on any atom is -0.354 e. The first-order chi connectivity index (χ1) is 11.9. The number of carbonyl (C=O) groups excluding carboxylic acids is 4. The van der Waals surface area contributed by atoms with Gasteiger partial charge < -0.3 is 16.0 Å². The maximum absolute atomic E-state index is 12.5. The molecule has 1 atom stereocenters. The first kappa shape index (κ1) is 19.2. The lowest BCUT2D eigenvalue weighted by Crippen LogP contribution is -2.45. The van der Waals surface area contributed by atoms with Gasteiger partial charge in [0.25, 0.3) is 5.91 Å². The van der Waals surface area contributed by atoms with Crippen molar-refractivity contribution in [1.29, 1.82) is 0 Å². The molecule has 0 aromatic rings. The quantitative estimate of drug-likeness (QED) is 0.558. The van der Waals surface area contributed by atoms with Gasteiger partial charge in [0, 0.05) is 19.5 Å². The first-order valence-corrected chi connectivity index (χ1v) is 9.11. The van der Waals surface area contributed by atoms with E-state index in [1.807, 2.05) is 6.92 Å². The van der Waals surface area contributed by atoms with Crippen LogP contribution in [0.3, 0.4) is 0 Å². The predicted molar refractivity (Wildman–Crippen MR) is 91.6 cm³/mol. The molecule has 0 radical (unpaired) electrons. The maximum atomic E-state index is 12.5. The molecule has 1 heterocycles. The van der Waals surface area contributed by atoms with E-state index in [2.05, 4.69) is 16.0 Å². The Morgan fingerprint density at radius 2 is 1.96 bits per heavy atom. The fourth-order valence-electron chi connectivity index (χ4n) is 3.37. The summed E-state index contributed by atoms with van der Waals surface area (Å²) in [6.07, 6.45) is 4.65. The van der Waals surface area contributed by atoms with Crippen LogP contribution in [0.5, 0.6) is 0 Å². The number of hydrogen-bond acceptors (Lipinski definition) is 4. The van der Waals surface area contributed by atoms with Gasteiger partial charge in [0.1, 0.15) is 11.6 Å². The average molecular weight is 352 g/mol. The number of rotatable bonds is 8. The van der Waals surface area contributed by atoms with Crippen LogP contribution in [-0.2, 0) is 14.4 Å². The zero-order chi connectivity index (χ0) is 18.4. The van der Waals surface area contributed by atoms with Gasteiger partial charge in [-0.3, -0.25) is 19.3 Å². The Morgan fingerprint density at radius 1 is 1.28 bits per heavy atom. The minimum atomic E-state index is -0.703. The number of nitrogens with zero attached hydrogens (tertiary/aromatic N) is 1. The van der Waals surface area contributed by atoms with Crippen molar-refractivity contribution >= 4 is 23.8 Å². The van der Waals surface area contributed by atoms with Crippen molar-refractivity contribution in [2.75, 3.05) is 13.1 Å². The molecule has 1 saturated heterocycles. The number of imide groups is 1. The van der Waals surface area contributed by atoms with Gasteiger partial charge in [-0.1, -0.05) is 19.8 Å². The summed E-state index contributed by atoms with van der Waals surface area (Å²) < 4.78 is 0. The zero-order valence-corrected chi connectivity index (χ0v) is 15.0. The highest BCUT2D eigenvalue weighted by Crippen LogP contribution is 2.35. The summed E-state index contributed by atoms with van der Waals surface area (Å²) in [5, 5.41) is 8.17. The topological polar surface area (TPSA) is 108 Å². The molecule has 2 rings (SSSR count). The first-order valence-electron chi connectivity index (χ1n) is 9.11. The third-order valence-electron chi connectivity index (χ3n) is 4.81. The number of nitrogens with one attached hydrogen (secondary N) is 3. The monoisotopic (exact) mass is 352 g/mol. The molecular formula is C17H28N4O4. The van der Waals surface area contributed by atoms with Crippen LogP contribution in [0.15, 0.2) is 0 Å². The van der Waals surface area contributed by atoms with Gasteiger partial charge in [-0.15, -0.1) is 0 Å². The van der Waals surface area contributed by atoms with Gasteiger partial charge in [0.15, 0.2) is 0 Å². The lowest BCUT2D eigenvalue weighted by atomic mass is 9.98. The molecule has 0 aromatic heterocycles. The van der Waals surface area contributed by atoms with E-state index in [0.717, 1.165) is 19.3 Å². The molecule has 25 heavy (non-hydrogen) atoms. The van der Waals surface area contributed by atoms with Crippen LogP contribution in [-0.4, -0.2) is 53.3 Å². The number of amides is 5. The van der Waals surface area contributed by atoms with Gasteiger partial charge in [-0.25, -0.2) is 4.79 Å². The normalized spacial score (nSPS) is 19.8. The van der Waals surface area contributed by atoms with Crippen LogP contribution in [0, 0.1) is 0 Å². The van der Waals surface area contributed by atoms with Crippen LogP contribution in [0.4, 0.5) is 4.79 Å². The Kier molecular flexibility index (Phi) is 6.39. The van der Waals surface area contributed by atoms with Crippen molar-refractivity contribution in [1.82, 2.24) is 20.9 Å². The summed E-state index contributed by atoms with van der Waals surface area (Å²) in [5.74, 6) is -0.642. The molecule has 8 nitrogen and oxygen atoms in total. The van der Waals surface area contributed by atoms with E-state index < -0.39 is 11.6 Å². The van der Waals surface area contributed by atoms with E-state index in [0.29, 0.717) is 25.8 Å².